The number of methoxy groups -OCH3 is 1. The molecule has 0 unspecified atom stereocenters. The van der Waals surface area contributed by atoms with Crippen molar-refractivity contribution in [3.63, 3.8) is 0 Å². The number of nitrogens with one attached hydrogen (secondary N) is 1. The van der Waals surface area contributed by atoms with E-state index in [2.05, 4.69) is 30.6 Å². The summed E-state index contributed by atoms with van der Waals surface area (Å²) in [5.74, 6) is 0.692. The van der Waals surface area contributed by atoms with Crippen LogP contribution in [0.4, 0.5) is 15.8 Å². The van der Waals surface area contributed by atoms with Crippen molar-refractivity contribution >= 4 is 34.0 Å². The van der Waals surface area contributed by atoms with Gasteiger partial charge in [0.25, 0.3) is 0 Å². The second-order valence-electron chi connectivity index (χ2n) is 8.37. The number of carbonyl (C=O) groups is 1. The van der Waals surface area contributed by atoms with Crippen LogP contribution in [0.3, 0.4) is 0 Å². The summed E-state index contributed by atoms with van der Waals surface area (Å²) in [5, 5.41) is 16.4. The summed E-state index contributed by atoms with van der Waals surface area (Å²) in [6, 6.07) is 12.0. The standard InChI is InChI=1S/C25H21FN8O2/c1-36-16-12-20-25(29-13-16)19(8-9-27-20)28-14-23-31-30-22-7-5-18(32-34(22)23)15-4-6-21(17(26)11-15)33-10-2-3-24(33)35/h4-9,11-13H,2-3,10,14H2,1H3,(H,27,28). The summed E-state index contributed by atoms with van der Waals surface area (Å²) in [6.07, 6.45) is 4.52. The predicted octanol–water partition coefficient (Wildman–Crippen LogP) is 3.62. The molecule has 0 radical (unpaired) electrons. The topological polar surface area (TPSA) is 110 Å². The van der Waals surface area contributed by atoms with Gasteiger partial charge in [0.1, 0.15) is 17.1 Å². The molecular weight excluding hydrogens is 463 g/mol. The Kier molecular flexibility index (Phi) is 5.36. The van der Waals surface area contributed by atoms with Gasteiger partial charge in [-0.3, -0.25) is 9.78 Å². The fraction of sp³-hybridized carbons (Fsp3) is 0.200. The molecule has 1 fully saturated rings. The van der Waals surface area contributed by atoms with Crippen molar-refractivity contribution in [2.75, 3.05) is 23.9 Å². The molecule has 1 saturated heterocycles. The molecule has 6 rings (SSSR count). The minimum absolute atomic E-state index is 0.0564. The third-order valence-electron chi connectivity index (χ3n) is 6.16. The Labute approximate surface area is 204 Å². The first-order valence-electron chi connectivity index (χ1n) is 11.4. The van der Waals surface area contributed by atoms with E-state index in [4.69, 9.17) is 4.74 Å². The van der Waals surface area contributed by atoms with Gasteiger partial charge in [0.2, 0.25) is 5.91 Å². The maximum atomic E-state index is 14.9. The van der Waals surface area contributed by atoms with Crippen LogP contribution < -0.4 is 15.0 Å². The molecule has 180 valence electrons. The summed E-state index contributed by atoms with van der Waals surface area (Å²) >= 11 is 0. The average molecular weight is 484 g/mol. The SMILES string of the molecule is COc1cnc2c(NCc3nnc4ccc(-c5ccc(N6CCCC6=O)c(F)c5)nn34)ccnc2c1. The van der Waals surface area contributed by atoms with E-state index in [1.807, 2.05) is 12.1 Å². The number of fused-ring (bicyclic) bond motifs is 2. The Balaban J connectivity index is 1.28. The average Bonchev–Trinajstić information content (AvgIpc) is 3.52. The Morgan fingerprint density at radius 1 is 1.11 bits per heavy atom. The van der Waals surface area contributed by atoms with Crippen LogP contribution in [-0.2, 0) is 11.3 Å². The molecule has 1 aliphatic heterocycles. The lowest BCUT2D eigenvalue weighted by Crippen LogP contribution is -2.24. The zero-order chi connectivity index (χ0) is 24.6. The number of hydrogen-bond acceptors (Lipinski definition) is 8. The minimum Gasteiger partial charge on any atom is -0.495 e. The number of hydrogen-bond donors (Lipinski definition) is 1. The molecule has 0 spiro atoms. The highest BCUT2D eigenvalue weighted by Crippen LogP contribution is 2.29. The van der Waals surface area contributed by atoms with Crippen molar-refractivity contribution < 1.29 is 13.9 Å². The molecule has 36 heavy (non-hydrogen) atoms. The van der Waals surface area contributed by atoms with Crippen molar-refractivity contribution in [3.8, 4) is 17.0 Å². The van der Waals surface area contributed by atoms with Crippen LogP contribution >= 0.6 is 0 Å². The van der Waals surface area contributed by atoms with Gasteiger partial charge in [0, 0.05) is 30.8 Å². The summed E-state index contributed by atoms with van der Waals surface area (Å²) in [7, 11) is 1.58. The van der Waals surface area contributed by atoms with Crippen LogP contribution in [0.25, 0.3) is 27.9 Å². The van der Waals surface area contributed by atoms with Crippen molar-refractivity contribution in [3.05, 3.63) is 66.5 Å². The molecule has 0 atom stereocenters. The maximum Gasteiger partial charge on any atom is 0.227 e. The first-order chi connectivity index (χ1) is 17.6. The van der Waals surface area contributed by atoms with Crippen molar-refractivity contribution in [1.29, 1.82) is 0 Å². The predicted molar refractivity (Wildman–Crippen MR) is 131 cm³/mol. The first-order valence-corrected chi connectivity index (χ1v) is 11.4. The molecule has 10 nitrogen and oxygen atoms in total. The van der Waals surface area contributed by atoms with Gasteiger partial charge >= 0.3 is 0 Å². The number of benzene rings is 1. The fourth-order valence-electron chi connectivity index (χ4n) is 4.33. The van der Waals surface area contributed by atoms with Gasteiger partial charge in [-0.1, -0.05) is 6.07 Å². The van der Waals surface area contributed by atoms with Crippen LogP contribution in [0.5, 0.6) is 5.75 Å². The van der Waals surface area contributed by atoms with Crippen LogP contribution in [-0.4, -0.2) is 49.3 Å². The van der Waals surface area contributed by atoms with Crippen molar-refractivity contribution in [2.45, 2.75) is 19.4 Å². The van der Waals surface area contributed by atoms with Crippen LogP contribution in [0.15, 0.2) is 54.9 Å². The smallest absolute Gasteiger partial charge is 0.227 e. The second kappa shape index (κ2) is 8.84. The molecule has 1 aliphatic rings. The van der Waals surface area contributed by atoms with Gasteiger partial charge < -0.3 is 15.0 Å². The van der Waals surface area contributed by atoms with Gasteiger partial charge in [-0.25, -0.2) is 9.37 Å². The Hall–Kier alpha value is -4.67. The zero-order valence-electron chi connectivity index (χ0n) is 19.3. The van der Waals surface area contributed by atoms with E-state index in [1.165, 1.54) is 11.0 Å². The fourth-order valence-corrected chi connectivity index (χ4v) is 4.33. The lowest BCUT2D eigenvalue weighted by molar-refractivity contribution is -0.117. The normalized spacial score (nSPS) is 13.6. The molecule has 1 amide bonds. The Morgan fingerprint density at radius 2 is 2.03 bits per heavy atom. The molecule has 11 heteroatoms. The molecule has 4 aromatic heterocycles. The van der Waals surface area contributed by atoms with E-state index in [1.54, 1.807) is 48.3 Å². The summed E-state index contributed by atoms with van der Waals surface area (Å²) in [6.45, 7) is 0.862. The van der Waals surface area contributed by atoms with E-state index in [-0.39, 0.29) is 5.91 Å². The van der Waals surface area contributed by atoms with E-state index in [0.717, 1.165) is 12.1 Å². The zero-order valence-corrected chi connectivity index (χ0v) is 19.3. The lowest BCUT2D eigenvalue weighted by Gasteiger charge is -2.17. The molecule has 0 saturated carbocycles. The molecular formula is C25H21FN8O2. The number of nitrogens with zero attached hydrogens (tertiary/aromatic N) is 7. The van der Waals surface area contributed by atoms with E-state index >= 15 is 0 Å². The van der Waals surface area contributed by atoms with Crippen LogP contribution in [0.1, 0.15) is 18.7 Å². The summed E-state index contributed by atoms with van der Waals surface area (Å²) < 4.78 is 21.7. The van der Waals surface area contributed by atoms with Gasteiger partial charge in [0.05, 0.1) is 42.4 Å². The highest BCUT2D eigenvalue weighted by Gasteiger charge is 2.24. The van der Waals surface area contributed by atoms with Crippen molar-refractivity contribution in [1.82, 2.24) is 29.8 Å². The summed E-state index contributed by atoms with van der Waals surface area (Å²) in [4.78, 5) is 22.3. The molecule has 1 N–H and O–H groups in total. The van der Waals surface area contributed by atoms with Crippen LogP contribution in [0.2, 0.25) is 0 Å². The Morgan fingerprint density at radius 3 is 2.83 bits per heavy atom. The highest BCUT2D eigenvalue weighted by atomic mass is 19.1. The number of anilines is 2. The van der Waals surface area contributed by atoms with E-state index in [9.17, 15) is 9.18 Å². The molecule has 0 aliphatic carbocycles. The number of carbonyl (C=O) groups excluding carboxylic acids is 1. The third-order valence-corrected chi connectivity index (χ3v) is 6.16. The number of aromatic nitrogens is 6. The number of halogens is 1. The van der Waals surface area contributed by atoms with E-state index < -0.39 is 5.82 Å². The largest absolute Gasteiger partial charge is 0.495 e. The molecule has 1 aromatic carbocycles. The number of rotatable bonds is 6. The highest BCUT2D eigenvalue weighted by molar-refractivity contribution is 5.95. The molecule has 0 bridgehead atoms. The van der Waals surface area contributed by atoms with Gasteiger partial charge in [-0.2, -0.15) is 9.61 Å². The third kappa shape index (κ3) is 3.84. The van der Waals surface area contributed by atoms with E-state index in [0.29, 0.717) is 64.7 Å². The van der Waals surface area contributed by atoms with Gasteiger partial charge in [-0.05, 0) is 36.8 Å². The minimum atomic E-state index is -0.455. The lowest BCUT2D eigenvalue weighted by atomic mass is 10.1. The second-order valence-corrected chi connectivity index (χ2v) is 8.37. The number of ether oxygens (including phenoxy) is 1. The maximum absolute atomic E-state index is 14.9. The van der Waals surface area contributed by atoms with Crippen molar-refractivity contribution in [2.24, 2.45) is 0 Å². The molecule has 5 aromatic rings. The quantitative estimate of drug-likeness (QED) is 0.389. The van der Waals surface area contributed by atoms with Gasteiger partial charge in [0.15, 0.2) is 11.5 Å². The first kappa shape index (κ1) is 21.8. The number of amides is 1. The Bertz CT molecular complexity index is 1620. The monoisotopic (exact) mass is 484 g/mol. The summed E-state index contributed by atoms with van der Waals surface area (Å²) in [5.41, 5.74) is 4.20. The van der Waals surface area contributed by atoms with Crippen LogP contribution in [0, 0.1) is 5.82 Å². The molecule has 5 heterocycles. The van der Waals surface area contributed by atoms with Gasteiger partial charge in [-0.15, -0.1) is 10.2 Å². The number of pyridine rings is 2.